The van der Waals surface area contributed by atoms with Gasteiger partial charge in [0.15, 0.2) is 0 Å². The quantitative estimate of drug-likeness (QED) is 0.851. The molecule has 2 heterocycles. The summed E-state index contributed by atoms with van der Waals surface area (Å²) in [7, 11) is 0. The molecule has 0 spiro atoms. The third-order valence-electron chi connectivity index (χ3n) is 5.41. The van der Waals surface area contributed by atoms with Crippen molar-refractivity contribution < 1.29 is 9.59 Å². The summed E-state index contributed by atoms with van der Waals surface area (Å²) in [5.74, 6) is -0.198. The summed E-state index contributed by atoms with van der Waals surface area (Å²) in [4.78, 5) is 28.9. The van der Waals surface area contributed by atoms with Gasteiger partial charge in [-0.05, 0) is 30.0 Å². The predicted molar refractivity (Wildman–Crippen MR) is 105 cm³/mol. The summed E-state index contributed by atoms with van der Waals surface area (Å²) in [6, 6.07) is 19.4. The predicted octanol–water partition coefficient (Wildman–Crippen LogP) is 3.20. The molecule has 2 aliphatic rings. The molecular weight excluding hydrogens is 338 g/mol. The summed E-state index contributed by atoms with van der Waals surface area (Å²) in [5, 5.41) is 2.87. The van der Waals surface area contributed by atoms with Crippen LogP contribution in [0.1, 0.15) is 24.5 Å². The van der Waals surface area contributed by atoms with Crippen molar-refractivity contribution in [3.05, 3.63) is 77.9 Å². The Morgan fingerprint density at radius 1 is 1.00 bits per heavy atom. The van der Waals surface area contributed by atoms with Crippen LogP contribution in [0.4, 0.5) is 4.79 Å². The molecule has 1 N–H and O–H groups in total. The van der Waals surface area contributed by atoms with Gasteiger partial charge in [0.2, 0.25) is 0 Å². The first-order valence-electron chi connectivity index (χ1n) is 9.24. The molecule has 2 aromatic rings. The maximum Gasteiger partial charge on any atom is 0.326 e. The minimum absolute atomic E-state index is 0.198. The summed E-state index contributed by atoms with van der Waals surface area (Å²) < 4.78 is 0. The van der Waals surface area contributed by atoms with Crippen molar-refractivity contribution in [3.63, 3.8) is 0 Å². The van der Waals surface area contributed by atoms with Crippen LogP contribution in [0.3, 0.4) is 0 Å². The highest BCUT2D eigenvalue weighted by molar-refractivity contribution is 6.07. The van der Waals surface area contributed by atoms with Gasteiger partial charge in [-0.25, -0.2) is 9.69 Å². The summed E-state index contributed by atoms with van der Waals surface area (Å²) in [6.45, 7) is 3.63. The molecular formula is C22H23N3O2. The van der Waals surface area contributed by atoms with Crippen molar-refractivity contribution >= 4 is 17.5 Å². The van der Waals surface area contributed by atoms with E-state index < -0.39 is 5.54 Å². The number of rotatable bonds is 4. The Morgan fingerprint density at radius 3 is 2.30 bits per heavy atom. The van der Waals surface area contributed by atoms with E-state index in [1.54, 1.807) is 6.92 Å². The fraction of sp³-hybridized carbons (Fsp3) is 0.273. The molecule has 0 unspecified atom stereocenters. The van der Waals surface area contributed by atoms with E-state index in [4.69, 9.17) is 0 Å². The average molecular weight is 361 g/mol. The second kappa shape index (κ2) is 7.00. The zero-order valence-corrected chi connectivity index (χ0v) is 15.4. The Hall–Kier alpha value is -2.92. The van der Waals surface area contributed by atoms with Gasteiger partial charge in [0.1, 0.15) is 5.54 Å². The standard InChI is InChI=1S/C22H23N3O2/c1-22(19-10-6-3-7-11-19)20(26)25(21(27)23-22)16-24-14-12-18(13-15-24)17-8-4-2-5-9-17/h2-12H,13-16H2,1H3,(H,23,27)/t22-/m0/s1. The topological polar surface area (TPSA) is 52.7 Å². The van der Waals surface area contributed by atoms with Crippen molar-refractivity contribution in [1.29, 1.82) is 0 Å². The maximum atomic E-state index is 13.0. The van der Waals surface area contributed by atoms with Crippen molar-refractivity contribution in [1.82, 2.24) is 15.1 Å². The van der Waals surface area contributed by atoms with E-state index in [1.807, 2.05) is 48.5 Å². The molecule has 2 aromatic carbocycles. The molecule has 1 saturated heterocycles. The van der Waals surface area contributed by atoms with Crippen molar-refractivity contribution in [2.45, 2.75) is 18.9 Å². The van der Waals surface area contributed by atoms with Crippen LogP contribution >= 0.6 is 0 Å². The number of urea groups is 1. The number of imide groups is 1. The van der Waals surface area contributed by atoms with Gasteiger partial charge in [-0.2, -0.15) is 0 Å². The van der Waals surface area contributed by atoms with Crippen LogP contribution in [0.15, 0.2) is 66.7 Å². The number of carbonyl (C=O) groups excluding carboxylic acids is 2. The number of nitrogens with zero attached hydrogens (tertiary/aromatic N) is 2. The van der Waals surface area contributed by atoms with Crippen molar-refractivity contribution in [2.75, 3.05) is 19.8 Å². The molecule has 1 fully saturated rings. The third kappa shape index (κ3) is 3.26. The molecule has 0 radical (unpaired) electrons. The highest BCUT2D eigenvalue weighted by Gasteiger charge is 2.49. The smallest absolute Gasteiger partial charge is 0.319 e. The molecule has 0 aliphatic carbocycles. The van der Waals surface area contributed by atoms with Gasteiger partial charge in [0.05, 0.1) is 6.67 Å². The monoisotopic (exact) mass is 361 g/mol. The second-order valence-electron chi connectivity index (χ2n) is 7.22. The van der Waals surface area contributed by atoms with Gasteiger partial charge < -0.3 is 5.32 Å². The van der Waals surface area contributed by atoms with Crippen LogP contribution < -0.4 is 5.32 Å². The number of nitrogens with one attached hydrogen (secondary N) is 1. The van der Waals surface area contributed by atoms with Crippen LogP contribution in [0.5, 0.6) is 0 Å². The SMILES string of the molecule is C[C@@]1(c2ccccc2)NC(=O)N(CN2CC=C(c3ccccc3)CC2)C1=O. The summed E-state index contributed by atoms with van der Waals surface area (Å²) >= 11 is 0. The second-order valence-corrected chi connectivity index (χ2v) is 7.22. The highest BCUT2D eigenvalue weighted by atomic mass is 16.2. The van der Waals surface area contributed by atoms with Gasteiger partial charge in [-0.15, -0.1) is 0 Å². The fourth-order valence-electron chi connectivity index (χ4n) is 3.75. The van der Waals surface area contributed by atoms with E-state index in [9.17, 15) is 9.59 Å². The van der Waals surface area contributed by atoms with Gasteiger partial charge in [0.25, 0.3) is 5.91 Å². The Bertz CT molecular complexity index is 879. The maximum absolute atomic E-state index is 13.0. The van der Waals surface area contributed by atoms with Crippen LogP contribution in [0.2, 0.25) is 0 Å². The minimum Gasteiger partial charge on any atom is -0.319 e. The fourth-order valence-corrected chi connectivity index (χ4v) is 3.75. The number of amides is 3. The lowest BCUT2D eigenvalue weighted by atomic mass is 9.92. The molecule has 138 valence electrons. The normalized spacial score (nSPS) is 23.3. The third-order valence-corrected chi connectivity index (χ3v) is 5.41. The lowest BCUT2D eigenvalue weighted by Gasteiger charge is -2.29. The molecule has 5 nitrogen and oxygen atoms in total. The lowest BCUT2D eigenvalue weighted by Crippen LogP contribution is -2.44. The first-order chi connectivity index (χ1) is 13.1. The van der Waals surface area contributed by atoms with E-state index in [0.29, 0.717) is 6.67 Å². The minimum atomic E-state index is -1.00. The van der Waals surface area contributed by atoms with Gasteiger partial charge in [-0.1, -0.05) is 66.7 Å². The lowest BCUT2D eigenvalue weighted by molar-refractivity contribution is -0.132. The molecule has 2 aliphatic heterocycles. The number of hydrogen-bond acceptors (Lipinski definition) is 3. The van der Waals surface area contributed by atoms with Crippen LogP contribution in [-0.2, 0) is 10.3 Å². The Morgan fingerprint density at radius 2 is 1.67 bits per heavy atom. The summed E-state index contributed by atoms with van der Waals surface area (Å²) in [5.41, 5.74) is 2.36. The Balaban J connectivity index is 1.45. The number of carbonyl (C=O) groups is 2. The number of hydrogen-bond donors (Lipinski definition) is 1. The van der Waals surface area contributed by atoms with Crippen molar-refractivity contribution in [2.24, 2.45) is 0 Å². The molecule has 27 heavy (non-hydrogen) atoms. The van der Waals surface area contributed by atoms with E-state index >= 15 is 0 Å². The van der Waals surface area contributed by atoms with Crippen LogP contribution in [0.25, 0.3) is 5.57 Å². The van der Waals surface area contributed by atoms with E-state index in [1.165, 1.54) is 16.0 Å². The van der Waals surface area contributed by atoms with Crippen LogP contribution in [-0.4, -0.2) is 41.5 Å². The Kier molecular flexibility index (Phi) is 4.54. The van der Waals surface area contributed by atoms with E-state index in [2.05, 4.69) is 28.4 Å². The van der Waals surface area contributed by atoms with Gasteiger partial charge >= 0.3 is 6.03 Å². The van der Waals surface area contributed by atoms with Gasteiger partial charge in [0, 0.05) is 13.1 Å². The molecule has 3 amide bonds. The van der Waals surface area contributed by atoms with Crippen molar-refractivity contribution in [3.8, 4) is 0 Å². The zero-order chi connectivity index (χ0) is 18.9. The first kappa shape index (κ1) is 17.5. The van der Waals surface area contributed by atoms with Gasteiger partial charge in [-0.3, -0.25) is 9.69 Å². The Labute approximate surface area is 159 Å². The first-order valence-corrected chi connectivity index (χ1v) is 9.24. The molecule has 0 aromatic heterocycles. The molecule has 5 heteroatoms. The highest BCUT2D eigenvalue weighted by Crippen LogP contribution is 2.29. The molecule has 4 rings (SSSR count). The molecule has 0 bridgehead atoms. The number of benzene rings is 2. The van der Waals surface area contributed by atoms with E-state index in [-0.39, 0.29) is 11.9 Å². The summed E-state index contributed by atoms with van der Waals surface area (Å²) in [6.07, 6.45) is 3.09. The van der Waals surface area contributed by atoms with E-state index in [0.717, 1.165) is 25.1 Å². The zero-order valence-electron chi connectivity index (χ0n) is 15.4. The average Bonchev–Trinajstić information content (AvgIpc) is 2.94. The molecule has 0 saturated carbocycles. The van der Waals surface area contributed by atoms with Crippen LogP contribution in [0, 0.1) is 0 Å². The molecule has 1 atom stereocenters. The largest absolute Gasteiger partial charge is 0.326 e.